The fraction of sp³-hybridized carbons (Fsp3) is 0.545. The predicted octanol–water partition coefficient (Wildman–Crippen LogP) is 6.12. The molecule has 0 spiro atoms. The molecule has 1 aromatic rings. The van der Waals surface area contributed by atoms with Crippen molar-refractivity contribution < 1.29 is 9.47 Å². The maximum absolute atomic E-state index is 5.82. The van der Waals surface area contributed by atoms with Crippen LogP contribution in [0.2, 0.25) is 0 Å². The van der Waals surface area contributed by atoms with Gasteiger partial charge in [-0.3, -0.25) is 0 Å². The molecule has 0 saturated heterocycles. The van der Waals surface area contributed by atoms with E-state index in [0.29, 0.717) is 18.6 Å². The Bertz CT molecular complexity index is 553. The largest absolute Gasteiger partial charge is 0.491 e. The first-order chi connectivity index (χ1) is 11.7. The van der Waals surface area contributed by atoms with E-state index in [4.69, 9.17) is 9.47 Å². The highest BCUT2D eigenvalue weighted by Gasteiger charge is 2.18. The van der Waals surface area contributed by atoms with Crippen molar-refractivity contribution in [2.24, 2.45) is 5.41 Å². The Morgan fingerprint density at radius 3 is 2.46 bits per heavy atom. The lowest BCUT2D eigenvalue weighted by Gasteiger charge is -2.26. The van der Waals surface area contributed by atoms with Gasteiger partial charge < -0.3 is 9.47 Å². The molecule has 0 radical (unpaired) electrons. The summed E-state index contributed by atoms with van der Waals surface area (Å²) in [5, 5.41) is 0. The lowest BCUT2D eigenvalue weighted by atomic mass is 9.80. The highest BCUT2D eigenvalue weighted by Crippen LogP contribution is 2.30. The van der Waals surface area contributed by atoms with Gasteiger partial charge in [-0.05, 0) is 47.9 Å². The average molecular weight is 328 g/mol. The Balaban J connectivity index is 1.65. The summed E-state index contributed by atoms with van der Waals surface area (Å²) in [7, 11) is 0. The van der Waals surface area contributed by atoms with Crippen LogP contribution in [0.3, 0.4) is 0 Å². The summed E-state index contributed by atoms with van der Waals surface area (Å²) in [4.78, 5) is 0. The molecule has 0 unspecified atom stereocenters. The molecule has 0 fully saturated rings. The molecule has 0 amide bonds. The molecule has 24 heavy (non-hydrogen) atoms. The predicted molar refractivity (Wildman–Crippen MR) is 103 cm³/mol. The quantitative estimate of drug-likeness (QED) is 0.482. The molecule has 2 heteroatoms. The molecule has 0 bridgehead atoms. The first-order valence-electron chi connectivity index (χ1n) is 9.34. The molecule has 132 valence electrons. The van der Waals surface area contributed by atoms with E-state index >= 15 is 0 Å². The van der Waals surface area contributed by atoms with Crippen LogP contribution >= 0.6 is 0 Å². The van der Waals surface area contributed by atoms with Crippen molar-refractivity contribution in [3.63, 3.8) is 0 Å². The van der Waals surface area contributed by atoms with Gasteiger partial charge in [0.1, 0.15) is 12.4 Å². The van der Waals surface area contributed by atoms with E-state index in [1.807, 2.05) is 6.07 Å². The molecule has 0 aromatic heterocycles. The van der Waals surface area contributed by atoms with E-state index in [2.05, 4.69) is 57.2 Å². The summed E-state index contributed by atoms with van der Waals surface area (Å²) in [5.41, 5.74) is 2.95. The molecule has 1 aliphatic carbocycles. The second-order valence-electron chi connectivity index (χ2n) is 6.91. The first-order valence-corrected chi connectivity index (χ1v) is 9.34. The van der Waals surface area contributed by atoms with Crippen LogP contribution in [0.1, 0.15) is 64.0 Å². The van der Waals surface area contributed by atoms with Crippen LogP contribution < -0.4 is 4.74 Å². The lowest BCUT2D eigenvalue weighted by Crippen LogP contribution is -2.15. The maximum atomic E-state index is 5.82. The molecule has 0 aliphatic heterocycles. The number of fused-ring (bicyclic) bond motifs is 1. The summed E-state index contributed by atoms with van der Waals surface area (Å²) in [6, 6.07) is 6.26. The topological polar surface area (TPSA) is 18.5 Å². The van der Waals surface area contributed by atoms with E-state index in [1.54, 1.807) is 0 Å². The first kappa shape index (κ1) is 18.8. The van der Waals surface area contributed by atoms with Crippen molar-refractivity contribution >= 4 is 12.2 Å². The fourth-order valence-electron chi connectivity index (χ4n) is 2.93. The average Bonchev–Trinajstić information content (AvgIpc) is 2.85. The Kier molecular flexibility index (Phi) is 7.58. The lowest BCUT2D eigenvalue weighted by molar-refractivity contribution is 0.0891. The van der Waals surface area contributed by atoms with Crippen molar-refractivity contribution in [1.82, 2.24) is 0 Å². The van der Waals surface area contributed by atoms with Gasteiger partial charge in [-0.2, -0.15) is 0 Å². The van der Waals surface area contributed by atoms with Gasteiger partial charge in [0.05, 0.1) is 6.61 Å². The second-order valence-corrected chi connectivity index (χ2v) is 6.91. The highest BCUT2D eigenvalue weighted by molar-refractivity contribution is 5.68. The molecule has 0 N–H and O–H groups in total. The molecular formula is C22H32O2. The normalized spacial score (nSPS) is 13.6. The molecule has 0 saturated carbocycles. The van der Waals surface area contributed by atoms with Gasteiger partial charge in [-0.15, -0.1) is 0 Å². The van der Waals surface area contributed by atoms with E-state index < -0.39 is 0 Å². The van der Waals surface area contributed by atoms with Gasteiger partial charge in [0.2, 0.25) is 0 Å². The molecule has 1 aromatic carbocycles. The zero-order valence-electron chi connectivity index (χ0n) is 15.5. The SMILES string of the molecule is CCC(C)(CC)CCCOCCOc1ccc2c(c1)C=CCC=C2. The van der Waals surface area contributed by atoms with Crippen molar-refractivity contribution in [3.8, 4) is 5.75 Å². The number of benzene rings is 1. The number of ether oxygens (including phenoxy) is 2. The van der Waals surface area contributed by atoms with Gasteiger partial charge in [0, 0.05) is 6.61 Å². The summed E-state index contributed by atoms with van der Waals surface area (Å²) < 4.78 is 11.5. The Morgan fingerprint density at radius 2 is 1.71 bits per heavy atom. The fourth-order valence-corrected chi connectivity index (χ4v) is 2.93. The molecule has 0 atom stereocenters. The van der Waals surface area contributed by atoms with Crippen LogP contribution in [-0.2, 0) is 4.74 Å². The van der Waals surface area contributed by atoms with E-state index in [9.17, 15) is 0 Å². The number of hydrogen-bond acceptors (Lipinski definition) is 2. The third-order valence-corrected chi connectivity index (χ3v) is 5.20. The zero-order valence-corrected chi connectivity index (χ0v) is 15.5. The molecule has 1 aliphatic rings. The van der Waals surface area contributed by atoms with Crippen molar-refractivity contribution in [1.29, 1.82) is 0 Å². The number of rotatable bonds is 10. The van der Waals surface area contributed by atoms with Gasteiger partial charge in [0.15, 0.2) is 0 Å². The van der Waals surface area contributed by atoms with Crippen LogP contribution in [0.5, 0.6) is 5.75 Å². The van der Waals surface area contributed by atoms with Crippen LogP contribution in [-0.4, -0.2) is 19.8 Å². The van der Waals surface area contributed by atoms with Crippen molar-refractivity contribution in [3.05, 3.63) is 41.5 Å². The van der Waals surface area contributed by atoms with Gasteiger partial charge >= 0.3 is 0 Å². The second kappa shape index (κ2) is 9.68. The number of allylic oxidation sites excluding steroid dienone is 2. The maximum Gasteiger partial charge on any atom is 0.120 e. The summed E-state index contributed by atoms with van der Waals surface area (Å²) in [6.45, 7) is 9.03. The zero-order chi connectivity index (χ0) is 17.3. The van der Waals surface area contributed by atoms with Gasteiger partial charge in [-0.25, -0.2) is 0 Å². The Labute approximate surface area is 147 Å². The van der Waals surface area contributed by atoms with E-state index in [-0.39, 0.29) is 0 Å². The minimum Gasteiger partial charge on any atom is -0.491 e. The van der Waals surface area contributed by atoms with Gasteiger partial charge in [0.25, 0.3) is 0 Å². The highest BCUT2D eigenvalue weighted by atomic mass is 16.5. The Morgan fingerprint density at radius 1 is 0.958 bits per heavy atom. The van der Waals surface area contributed by atoms with Crippen LogP contribution in [0.25, 0.3) is 12.2 Å². The molecule has 2 nitrogen and oxygen atoms in total. The van der Waals surface area contributed by atoms with Gasteiger partial charge in [-0.1, -0.05) is 64.0 Å². The van der Waals surface area contributed by atoms with Crippen molar-refractivity contribution in [2.45, 2.75) is 52.9 Å². The molecular weight excluding hydrogens is 296 g/mol. The summed E-state index contributed by atoms with van der Waals surface area (Å²) in [6.07, 6.45) is 14.5. The number of hydrogen-bond donors (Lipinski definition) is 0. The summed E-state index contributed by atoms with van der Waals surface area (Å²) in [5.74, 6) is 0.918. The summed E-state index contributed by atoms with van der Waals surface area (Å²) >= 11 is 0. The van der Waals surface area contributed by atoms with Crippen LogP contribution in [0, 0.1) is 5.41 Å². The standard InChI is InChI=1S/C22H32O2/c1-4-22(3,5-2)14-9-15-23-16-17-24-21-13-12-19-10-7-6-8-11-20(19)18-21/h7-8,10-13,18H,4-6,9,14-17H2,1-3H3. The smallest absolute Gasteiger partial charge is 0.120 e. The molecule has 2 rings (SSSR count). The van der Waals surface area contributed by atoms with Crippen LogP contribution in [0.4, 0.5) is 0 Å². The minimum absolute atomic E-state index is 0.476. The van der Waals surface area contributed by atoms with Crippen LogP contribution in [0.15, 0.2) is 30.4 Å². The minimum atomic E-state index is 0.476. The monoisotopic (exact) mass is 328 g/mol. The van der Waals surface area contributed by atoms with E-state index in [1.165, 1.54) is 30.4 Å². The third kappa shape index (κ3) is 5.83. The van der Waals surface area contributed by atoms with Crippen molar-refractivity contribution in [2.75, 3.05) is 19.8 Å². The van der Waals surface area contributed by atoms with E-state index in [0.717, 1.165) is 25.2 Å². The third-order valence-electron chi connectivity index (χ3n) is 5.20. The Hall–Kier alpha value is -1.54. The molecule has 0 heterocycles.